The molecule has 0 aliphatic rings. The minimum Gasteiger partial charge on any atom is -0.471 e. The number of aromatic nitrogens is 2. The SMILES string of the molecule is CCOC(=O)c1cccc(OC(F)(F)F)c1COc1ccn(O)n1. The fraction of sp³-hybridized carbons (Fsp3) is 0.286. The van der Waals surface area contributed by atoms with Crippen LogP contribution in [0, 0.1) is 0 Å². The molecule has 0 bridgehead atoms. The van der Waals surface area contributed by atoms with Gasteiger partial charge in [-0.3, -0.25) is 0 Å². The minimum absolute atomic E-state index is 0.0471. The van der Waals surface area contributed by atoms with E-state index in [1.165, 1.54) is 24.4 Å². The number of esters is 1. The van der Waals surface area contributed by atoms with E-state index in [0.717, 1.165) is 6.07 Å². The first-order valence-corrected chi connectivity index (χ1v) is 6.72. The van der Waals surface area contributed by atoms with Gasteiger partial charge in [0.05, 0.1) is 18.4 Å². The Morgan fingerprint density at radius 3 is 2.67 bits per heavy atom. The number of ether oxygens (including phenoxy) is 3. The van der Waals surface area contributed by atoms with Crippen molar-refractivity contribution in [3.63, 3.8) is 0 Å². The summed E-state index contributed by atoms with van der Waals surface area (Å²) >= 11 is 0. The van der Waals surface area contributed by atoms with Crippen molar-refractivity contribution in [3.05, 3.63) is 41.6 Å². The summed E-state index contributed by atoms with van der Waals surface area (Å²) in [6, 6.07) is 4.88. The van der Waals surface area contributed by atoms with Crippen LogP contribution in [-0.2, 0) is 11.3 Å². The molecule has 0 saturated carbocycles. The number of carbonyl (C=O) groups excluding carboxylic acids is 1. The molecule has 2 rings (SSSR count). The predicted octanol–water partition coefficient (Wildman–Crippen LogP) is 2.77. The molecule has 0 spiro atoms. The molecule has 1 N–H and O–H groups in total. The number of hydrogen-bond acceptors (Lipinski definition) is 6. The molecule has 7 nitrogen and oxygen atoms in total. The average molecular weight is 346 g/mol. The molecule has 1 aromatic heterocycles. The van der Waals surface area contributed by atoms with Gasteiger partial charge in [0.15, 0.2) is 0 Å². The highest BCUT2D eigenvalue weighted by molar-refractivity contribution is 5.91. The molecular weight excluding hydrogens is 333 g/mol. The third kappa shape index (κ3) is 4.54. The van der Waals surface area contributed by atoms with E-state index in [-0.39, 0.29) is 23.6 Å². The minimum atomic E-state index is -4.94. The van der Waals surface area contributed by atoms with Crippen LogP contribution >= 0.6 is 0 Å². The van der Waals surface area contributed by atoms with Crippen LogP contribution in [0.4, 0.5) is 13.2 Å². The van der Waals surface area contributed by atoms with Gasteiger partial charge in [-0.2, -0.15) is 0 Å². The Balaban J connectivity index is 2.33. The largest absolute Gasteiger partial charge is 0.573 e. The Morgan fingerprint density at radius 2 is 2.08 bits per heavy atom. The summed E-state index contributed by atoms with van der Waals surface area (Å²) in [5.41, 5.74) is -0.275. The Hall–Kier alpha value is -2.91. The van der Waals surface area contributed by atoms with Gasteiger partial charge in [-0.15, -0.1) is 18.0 Å². The Bertz CT molecular complexity index is 715. The average Bonchev–Trinajstić information content (AvgIpc) is 2.90. The van der Waals surface area contributed by atoms with Gasteiger partial charge in [0, 0.05) is 11.6 Å². The number of halogens is 3. The van der Waals surface area contributed by atoms with Crippen molar-refractivity contribution in [2.24, 2.45) is 0 Å². The van der Waals surface area contributed by atoms with Crippen molar-refractivity contribution in [1.82, 2.24) is 9.94 Å². The summed E-state index contributed by atoms with van der Waals surface area (Å²) < 4.78 is 51.6. The molecule has 130 valence electrons. The van der Waals surface area contributed by atoms with Gasteiger partial charge in [-0.25, -0.2) is 4.79 Å². The normalized spacial score (nSPS) is 11.2. The molecule has 0 amide bonds. The zero-order valence-corrected chi connectivity index (χ0v) is 12.4. The van der Waals surface area contributed by atoms with E-state index in [4.69, 9.17) is 14.7 Å². The van der Waals surface area contributed by atoms with Crippen molar-refractivity contribution in [2.45, 2.75) is 19.9 Å². The lowest BCUT2D eigenvalue weighted by molar-refractivity contribution is -0.275. The van der Waals surface area contributed by atoms with Crippen molar-refractivity contribution in [2.75, 3.05) is 6.61 Å². The van der Waals surface area contributed by atoms with E-state index >= 15 is 0 Å². The van der Waals surface area contributed by atoms with Crippen LogP contribution in [0.3, 0.4) is 0 Å². The molecule has 0 saturated heterocycles. The maximum Gasteiger partial charge on any atom is 0.573 e. The Kier molecular flexibility index (Phi) is 5.17. The maximum atomic E-state index is 12.5. The molecule has 0 aliphatic carbocycles. The number of carbonyl (C=O) groups is 1. The van der Waals surface area contributed by atoms with Crippen LogP contribution in [0.1, 0.15) is 22.8 Å². The van der Waals surface area contributed by atoms with E-state index < -0.39 is 24.7 Å². The summed E-state index contributed by atoms with van der Waals surface area (Å²) in [5, 5.41) is 12.6. The highest BCUT2D eigenvalue weighted by atomic mass is 19.4. The van der Waals surface area contributed by atoms with Gasteiger partial charge in [-0.05, 0) is 19.1 Å². The maximum absolute atomic E-state index is 12.5. The molecule has 10 heteroatoms. The highest BCUT2D eigenvalue weighted by Crippen LogP contribution is 2.30. The number of hydrogen-bond donors (Lipinski definition) is 1. The summed E-state index contributed by atoms with van der Waals surface area (Å²) in [5.74, 6) is -1.44. The van der Waals surface area contributed by atoms with Gasteiger partial charge in [0.1, 0.15) is 12.4 Å². The first-order valence-electron chi connectivity index (χ1n) is 6.72. The second-order valence-corrected chi connectivity index (χ2v) is 4.41. The van der Waals surface area contributed by atoms with E-state index in [0.29, 0.717) is 4.85 Å². The first kappa shape index (κ1) is 17.4. The standard InChI is InChI=1S/C14H13F3N2O5/c1-2-22-13(20)9-4-3-5-11(24-14(15,16)17)10(9)8-23-12-6-7-19(21)18-12/h3-7,21H,2,8H2,1H3. The molecule has 24 heavy (non-hydrogen) atoms. The lowest BCUT2D eigenvalue weighted by atomic mass is 10.1. The van der Waals surface area contributed by atoms with Crippen molar-refractivity contribution in [3.8, 4) is 11.6 Å². The molecule has 0 unspecified atom stereocenters. The third-order valence-electron chi connectivity index (χ3n) is 2.77. The summed E-state index contributed by atoms with van der Waals surface area (Å²) in [6.07, 6.45) is -3.77. The van der Waals surface area contributed by atoms with Crippen LogP contribution in [0.15, 0.2) is 30.5 Å². The van der Waals surface area contributed by atoms with Gasteiger partial charge >= 0.3 is 12.3 Å². The fourth-order valence-electron chi connectivity index (χ4n) is 1.86. The Labute approximate surface area is 134 Å². The summed E-state index contributed by atoms with van der Waals surface area (Å²) in [4.78, 5) is 12.4. The molecule has 2 aromatic rings. The van der Waals surface area contributed by atoms with Gasteiger partial charge in [0.2, 0.25) is 5.88 Å². The van der Waals surface area contributed by atoms with Crippen LogP contribution in [-0.4, -0.2) is 34.1 Å². The van der Waals surface area contributed by atoms with Crippen molar-refractivity contribution < 1.29 is 37.4 Å². The topological polar surface area (TPSA) is 82.8 Å². The van der Waals surface area contributed by atoms with E-state index in [2.05, 4.69) is 9.84 Å². The molecule has 0 fully saturated rings. The second kappa shape index (κ2) is 7.11. The lowest BCUT2D eigenvalue weighted by Gasteiger charge is -2.16. The first-order chi connectivity index (χ1) is 11.3. The number of nitrogens with zero attached hydrogens (tertiary/aromatic N) is 2. The van der Waals surface area contributed by atoms with Crippen LogP contribution in [0.25, 0.3) is 0 Å². The summed E-state index contributed by atoms with van der Waals surface area (Å²) in [7, 11) is 0. The molecule has 1 aromatic carbocycles. The number of rotatable bonds is 6. The smallest absolute Gasteiger partial charge is 0.471 e. The van der Waals surface area contributed by atoms with Crippen molar-refractivity contribution >= 4 is 5.97 Å². The zero-order chi connectivity index (χ0) is 17.7. The van der Waals surface area contributed by atoms with Gasteiger partial charge < -0.3 is 19.4 Å². The van der Waals surface area contributed by atoms with Gasteiger partial charge in [0.25, 0.3) is 0 Å². The number of benzene rings is 1. The van der Waals surface area contributed by atoms with Crippen LogP contribution < -0.4 is 9.47 Å². The predicted molar refractivity (Wildman–Crippen MR) is 72.8 cm³/mol. The molecule has 0 atom stereocenters. The quantitative estimate of drug-likeness (QED) is 0.640. The Morgan fingerprint density at radius 1 is 1.33 bits per heavy atom. The second-order valence-electron chi connectivity index (χ2n) is 4.41. The lowest BCUT2D eigenvalue weighted by Crippen LogP contribution is -2.20. The molecule has 0 radical (unpaired) electrons. The summed E-state index contributed by atoms with van der Waals surface area (Å²) in [6.45, 7) is 1.17. The zero-order valence-electron chi connectivity index (χ0n) is 12.4. The monoisotopic (exact) mass is 346 g/mol. The molecule has 1 heterocycles. The van der Waals surface area contributed by atoms with E-state index in [1.54, 1.807) is 6.92 Å². The highest BCUT2D eigenvalue weighted by Gasteiger charge is 2.33. The van der Waals surface area contributed by atoms with E-state index in [1.807, 2.05) is 0 Å². The van der Waals surface area contributed by atoms with Crippen LogP contribution in [0.2, 0.25) is 0 Å². The van der Waals surface area contributed by atoms with Crippen LogP contribution in [0.5, 0.6) is 11.6 Å². The molecular formula is C14H13F3N2O5. The fourth-order valence-corrected chi connectivity index (χ4v) is 1.86. The molecule has 0 aliphatic heterocycles. The third-order valence-corrected chi connectivity index (χ3v) is 2.77. The van der Waals surface area contributed by atoms with Gasteiger partial charge in [-0.1, -0.05) is 11.2 Å². The van der Waals surface area contributed by atoms with Crippen molar-refractivity contribution in [1.29, 1.82) is 0 Å². The number of alkyl halides is 3. The van der Waals surface area contributed by atoms with E-state index in [9.17, 15) is 18.0 Å².